The number of nitriles is 1. The molecular formula is C51H52FN9O8S. The van der Waals surface area contributed by atoms with Gasteiger partial charge in [-0.3, -0.25) is 34.3 Å². The highest BCUT2D eigenvalue weighted by Crippen LogP contribution is 2.45. The molecule has 5 aromatic rings. The standard InChI is InChI=1S/C51H52FN9O8S/c1-30-12-13-32(29-62)24-40(30)60(28-34-9-6-5-8-33(34)26-53)46-37(52)27-54-50(57-46)55-35-14-15-38(43(25-35)70(4,67)68)58-20-22-59(23-21-58)51(3)19-18-41(31(51)2)69-42-11-7-10-36-45(42)49(66)61(48(36)65)39-16-17-44(63)56-47(39)64/h5-15,24-25,27,31,39,41,62H,16-23,28-29H2,1-4H3,(H,54,55,57)(H,56,63,64). The molecule has 0 radical (unpaired) electrons. The number of halogens is 1. The molecule has 4 aromatic carbocycles. The van der Waals surface area contributed by atoms with Crippen molar-refractivity contribution in [2.45, 2.75) is 82.2 Å². The number of nitrogens with zero attached hydrogens (tertiary/aromatic N) is 7. The number of amides is 4. The molecule has 3 N–H and O–H groups in total. The van der Waals surface area contributed by atoms with E-state index < -0.39 is 45.3 Å². The van der Waals surface area contributed by atoms with Crippen molar-refractivity contribution in [2.75, 3.05) is 47.6 Å². The van der Waals surface area contributed by atoms with Crippen molar-refractivity contribution in [3.05, 3.63) is 124 Å². The molecule has 9 rings (SSSR count). The molecule has 4 amide bonds. The van der Waals surface area contributed by atoms with Gasteiger partial charge in [0.05, 0.1) is 52.7 Å². The van der Waals surface area contributed by atoms with E-state index in [0.717, 1.165) is 29.3 Å². The number of carbonyl (C=O) groups excluding carboxylic acids is 4. The molecular weight excluding hydrogens is 918 g/mol. The smallest absolute Gasteiger partial charge is 0.266 e. The van der Waals surface area contributed by atoms with Crippen molar-refractivity contribution < 1.29 is 41.8 Å². The fourth-order valence-corrected chi connectivity index (χ4v) is 11.2. The van der Waals surface area contributed by atoms with E-state index in [9.17, 15) is 38.0 Å². The quantitative estimate of drug-likeness (QED) is 0.117. The molecule has 19 heteroatoms. The summed E-state index contributed by atoms with van der Waals surface area (Å²) in [6.45, 7) is 8.25. The summed E-state index contributed by atoms with van der Waals surface area (Å²) in [6, 6.07) is 23.3. The van der Waals surface area contributed by atoms with Crippen LogP contribution in [0.3, 0.4) is 0 Å². The van der Waals surface area contributed by atoms with E-state index in [1.165, 1.54) is 6.07 Å². The second kappa shape index (κ2) is 18.9. The van der Waals surface area contributed by atoms with Crippen LogP contribution in [0.25, 0.3) is 0 Å². The van der Waals surface area contributed by atoms with Crippen molar-refractivity contribution in [3.8, 4) is 11.8 Å². The van der Waals surface area contributed by atoms with Crippen LogP contribution in [0.4, 0.5) is 33.2 Å². The number of nitrogens with one attached hydrogen (secondary N) is 2. The fraction of sp³-hybridized carbons (Fsp3) is 0.353. The lowest BCUT2D eigenvalue weighted by molar-refractivity contribution is -0.136. The Labute approximate surface area is 404 Å². The van der Waals surface area contributed by atoms with Gasteiger partial charge in [-0.1, -0.05) is 43.3 Å². The molecule has 3 aliphatic heterocycles. The zero-order valence-electron chi connectivity index (χ0n) is 39.1. The molecule has 17 nitrogen and oxygen atoms in total. The Morgan fingerprint density at radius 3 is 2.50 bits per heavy atom. The summed E-state index contributed by atoms with van der Waals surface area (Å²) in [5, 5.41) is 25.1. The first-order valence-electron chi connectivity index (χ1n) is 23.1. The van der Waals surface area contributed by atoms with Gasteiger partial charge >= 0.3 is 0 Å². The van der Waals surface area contributed by atoms with E-state index >= 15 is 4.39 Å². The molecule has 1 aliphatic carbocycles. The average Bonchev–Trinajstić information content (AvgIpc) is 3.78. The molecule has 4 heterocycles. The number of imide groups is 2. The first kappa shape index (κ1) is 47.8. The van der Waals surface area contributed by atoms with Crippen LogP contribution in [-0.4, -0.2) is 107 Å². The average molecular weight is 970 g/mol. The van der Waals surface area contributed by atoms with Gasteiger partial charge in [0.2, 0.25) is 17.8 Å². The minimum atomic E-state index is -3.78. The van der Waals surface area contributed by atoms with Crippen molar-refractivity contribution in [1.82, 2.24) is 25.1 Å². The predicted molar refractivity (Wildman–Crippen MR) is 257 cm³/mol. The molecule has 4 aliphatic rings. The number of sulfone groups is 1. The first-order chi connectivity index (χ1) is 33.5. The number of fused-ring (bicyclic) bond motifs is 1. The fourth-order valence-electron chi connectivity index (χ4n) is 10.3. The van der Waals surface area contributed by atoms with Crippen LogP contribution in [0, 0.1) is 30.0 Å². The Kier molecular flexibility index (Phi) is 12.9. The molecule has 0 bridgehead atoms. The first-order valence-corrected chi connectivity index (χ1v) is 25.0. The zero-order chi connectivity index (χ0) is 49.6. The number of hydrogen-bond donors (Lipinski definition) is 3. The number of aryl methyl sites for hydroxylation is 1. The molecule has 4 unspecified atom stereocenters. The lowest BCUT2D eigenvalue weighted by atomic mass is 9.87. The van der Waals surface area contributed by atoms with Gasteiger partial charge in [-0.05, 0) is 92.3 Å². The summed E-state index contributed by atoms with van der Waals surface area (Å²) < 4.78 is 49.4. The summed E-state index contributed by atoms with van der Waals surface area (Å²) in [4.78, 5) is 67.6. The van der Waals surface area contributed by atoms with Gasteiger partial charge in [0.25, 0.3) is 11.8 Å². The maximum Gasteiger partial charge on any atom is 0.266 e. The number of piperidine rings is 1. The van der Waals surface area contributed by atoms with Gasteiger partial charge in [0.15, 0.2) is 21.5 Å². The Morgan fingerprint density at radius 1 is 1.00 bits per heavy atom. The largest absolute Gasteiger partial charge is 0.489 e. The number of carbonyl (C=O) groups is 4. The Morgan fingerprint density at radius 2 is 1.77 bits per heavy atom. The van der Waals surface area contributed by atoms with Crippen molar-refractivity contribution in [3.63, 3.8) is 0 Å². The molecule has 0 spiro atoms. The number of hydrogen-bond acceptors (Lipinski definition) is 15. The number of aliphatic hydroxyl groups excluding tert-OH is 1. The third-order valence-corrected chi connectivity index (χ3v) is 15.5. The van der Waals surface area contributed by atoms with E-state index in [4.69, 9.17) is 4.74 Å². The van der Waals surface area contributed by atoms with Crippen molar-refractivity contribution in [2.24, 2.45) is 5.92 Å². The van der Waals surface area contributed by atoms with Gasteiger partial charge in [0.1, 0.15) is 17.9 Å². The maximum absolute atomic E-state index is 15.9. The van der Waals surface area contributed by atoms with Gasteiger partial charge in [-0.2, -0.15) is 10.2 Å². The maximum atomic E-state index is 15.9. The number of benzene rings is 4. The van der Waals surface area contributed by atoms with Crippen LogP contribution >= 0.6 is 0 Å². The van der Waals surface area contributed by atoms with Crippen molar-refractivity contribution in [1.29, 1.82) is 5.26 Å². The van der Waals surface area contributed by atoms with Crippen LogP contribution in [0.1, 0.15) is 82.5 Å². The van der Waals surface area contributed by atoms with Gasteiger partial charge in [-0.25, -0.2) is 17.8 Å². The van der Waals surface area contributed by atoms with E-state index in [1.807, 2.05) is 17.9 Å². The second-order valence-corrected chi connectivity index (χ2v) is 20.5. The van der Waals surface area contributed by atoms with Crippen molar-refractivity contribution >= 4 is 62.3 Å². The minimum absolute atomic E-state index is 0.00102. The van der Waals surface area contributed by atoms with Gasteiger partial charge < -0.3 is 25.0 Å². The number of aliphatic hydroxyl groups is 1. The number of ether oxygens (including phenoxy) is 1. The summed E-state index contributed by atoms with van der Waals surface area (Å²) in [6.07, 6.45) is 3.41. The minimum Gasteiger partial charge on any atom is -0.489 e. The lowest BCUT2D eigenvalue weighted by Crippen LogP contribution is -2.58. The highest BCUT2D eigenvalue weighted by atomic mass is 32.2. The van der Waals surface area contributed by atoms with Gasteiger partial charge in [-0.15, -0.1) is 0 Å². The number of anilines is 5. The summed E-state index contributed by atoms with van der Waals surface area (Å²) in [5.74, 6) is -2.93. The molecule has 2 saturated heterocycles. The molecule has 3 fully saturated rings. The van der Waals surface area contributed by atoms with Crippen LogP contribution in [-0.2, 0) is 32.6 Å². The normalized spacial score (nSPS) is 21.6. The monoisotopic (exact) mass is 969 g/mol. The van der Waals surface area contributed by atoms with Gasteiger partial charge in [0, 0.05) is 61.7 Å². The molecule has 362 valence electrons. The van der Waals surface area contributed by atoms with E-state index in [2.05, 4.69) is 45.4 Å². The van der Waals surface area contributed by atoms with Crippen LogP contribution in [0.2, 0.25) is 0 Å². The number of rotatable bonds is 13. The third kappa shape index (κ3) is 8.93. The third-order valence-electron chi connectivity index (χ3n) is 14.3. The molecule has 4 atom stereocenters. The Balaban J connectivity index is 0.901. The Hall–Kier alpha value is -7.27. The highest BCUT2D eigenvalue weighted by Gasteiger charge is 2.50. The van der Waals surface area contributed by atoms with E-state index in [-0.39, 0.29) is 77.1 Å². The second-order valence-electron chi connectivity index (χ2n) is 18.5. The summed E-state index contributed by atoms with van der Waals surface area (Å²) in [7, 11) is -3.78. The molecule has 1 aromatic heterocycles. The number of piperazine rings is 1. The van der Waals surface area contributed by atoms with E-state index in [0.29, 0.717) is 66.4 Å². The highest BCUT2D eigenvalue weighted by molar-refractivity contribution is 7.90. The van der Waals surface area contributed by atoms with Crippen LogP contribution in [0.5, 0.6) is 5.75 Å². The lowest BCUT2D eigenvalue weighted by Gasteiger charge is -2.47. The van der Waals surface area contributed by atoms with Crippen LogP contribution < -0.4 is 25.2 Å². The van der Waals surface area contributed by atoms with Crippen LogP contribution in [0.15, 0.2) is 90.0 Å². The van der Waals surface area contributed by atoms with E-state index in [1.54, 1.807) is 71.6 Å². The molecule has 1 saturated carbocycles. The zero-order valence-corrected chi connectivity index (χ0v) is 39.9. The molecule has 70 heavy (non-hydrogen) atoms. The topological polar surface area (TPSA) is 218 Å². The Bertz CT molecular complexity index is 3100. The number of aromatic nitrogens is 2. The summed E-state index contributed by atoms with van der Waals surface area (Å²) >= 11 is 0. The predicted octanol–water partition coefficient (Wildman–Crippen LogP) is 5.93. The summed E-state index contributed by atoms with van der Waals surface area (Å²) in [5.41, 5.74) is 3.79. The SMILES string of the molecule is Cc1ccc(CO)cc1N(Cc1ccccc1C#N)c1nc(Nc2ccc(N3CCN(C4(C)CCC(Oc5cccc6c5C(=O)N(C5CCC(=O)NC5=O)C6=O)C4C)CC3)c(S(C)(=O)=O)c2)ncc1F.